The van der Waals surface area contributed by atoms with E-state index in [2.05, 4.69) is 30.8 Å². The molecule has 0 unspecified atom stereocenters. The van der Waals surface area contributed by atoms with Gasteiger partial charge in [0.25, 0.3) is 5.91 Å². The Morgan fingerprint density at radius 3 is 2.79 bits per heavy atom. The monoisotopic (exact) mass is 351 g/mol. The lowest BCUT2D eigenvalue weighted by Crippen LogP contribution is -2.59. The minimum absolute atomic E-state index is 0.0939. The minimum atomic E-state index is -0.307. The number of aliphatic hydroxyl groups excluding tert-OH is 1. The molecule has 2 aliphatic rings. The second kappa shape index (κ2) is 6.73. The van der Waals surface area contributed by atoms with Gasteiger partial charge in [-0.1, -0.05) is 13.8 Å². The van der Waals surface area contributed by atoms with Gasteiger partial charge < -0.3 is 14.9 Å². The topological polar surface area (TPSA) is 56.7 Å². The van der Waals surface area contributed by atoms with Gasteiger partial charge in [-0.25, -0.2) is 4.98 Å². The number of thiazole rings is 1. The Bertz CT molecular complexity index is 615. The van der Waals surface area contributed by atoms with Crippen LogP contribution in [-0.4, -0.2) is 65.1 Å². The van der Waals surface area contributed by atoms with Gasteiger partial charge in [-0.15, -0.1) is 11.3 Å². The van der Waals surface area contributed by atoms with Crippen molar-refractivity contribution in [2.45, 2.75) is 52.1 Å². The summed E-state index contributed by atoms with van der Waals surface area (Å²) in [6.45, 7) is 9.39. The third-order valence-electron chi connectivity index (χ3n) is 5.47. The van der Waals surface area contributed by atoms with Gasteiger partial charge in [0.1, 0.15) is 4.88 Å². The number of hydrogen-bond donors (Lipinski definition) is 1. The number of rotatable bonds is 2. The molecule has 3 rings (SSSR count). The maximum Gasteiger partial charge on any atom is 0.265 e. The number of carbonyl (C=O) groups excluding carboxylic acids is 1. The number of aryl methyl sites for hydroxylation is 1. The van der Waals surface area contributed by atoms with E-state index in [0.717, 1.165) is 54.5 Å². The van der Waals surface area contributed by atoms with E-state index in [9.17, 15) is 9.90 Å². The first-order valence-electron chi connectivity index (χ1n) is 8.95. The fourth-order valence-electron chi connectivity index (χ4n) is 4.11. The van der Waals surface area contributed by atoms with Crippen molar-refractivity contribution < 1.29 is 9.90 Å². The quantitative estimate of drug-likeness (QED) is 0.889. The Labute approximate surface area is 148 Å². The summed E-state index contributed by atoms with van der Waals surface area (Å²) in [5.74, 6) is 0.438. The first-order chi connectivity index (χ1) is 11.3. The van der Waals surface area contributed by atoms with Crippen LogP contribution in [0.25, 0.3) is 0 Å². The SMILES string of the molecule is Cc1nc(C(C)C)sc1C(=O)N1CCC[C@]2(CN(C)CC[C@@H]2O)C1. The van der Waals surface area contributed by atoms with Gasteiger partial charge in [0.15, 0.2) is 0 Å². The fourth-order valence-corrected chi connectivity index (χ4v) is 5.15. The van der Waals surface area contributed by atoms with Crippen molar-refractivity contribution in [2.75, 3.05) is 33.2 Å². The van der Waals surface area contributed by atoms with Crippen molar-refractivity contribution >= 4 is 17.2 Å². The minimum Gasteiger partial charge on any atom is -0.392 e. The summed E-state index contributed by atoms with van der Waals surface area (Å²) in [6, 6.07) is 0. The molecule has 2 aliphatic heterocycles. The largest absolute Gasteiger partial charge is 0.392 e. The molecule has 0 aromatic carbocycles. The summed E-state index contributed by atoms with van der Waals surface area (Å²) in [5, 5.41) is 11.7. The van der Waals surface area contributed by atoms with Gasteiger partial charge in [0.2, 0.25) is 0 Å². The maximum absolute atomic E-state index is 13.1. The Kier molecular flexibility index (Phi) is 5.00. The predicted octanol–water partition coefficient (Wildman–Crippen LogP) is 2.49. The average molecular weight is 352 g/mol. The molecule has 1 aromatic rings. The first-order valence-corrected chi connectivity index (χ1v) is 9.77. The van der Waals surface area contributed by atoms with Crippen molar-refractivity contribution in [1.29, 1.82) is 0 Å². The molecular formula is C18H29N3O2S. The third-order valence-corrected chi connectivity index (χ3v) is 6.92. The molecule has 3 heterocycles. The van der Waals surface area contributed by atoms with Gasteiger partial charge in [-0.05, 0) is 33.2 Å². The zero-order valence-electron chi connectivity index (χ0n) is 15.2. The Balaban J connectivity index is 1.80. The van der Waals surface area contributed by atoms with Crippen LogP contribution < -0.4 is 0 Å². The summed E-state index contributed by atoms with van der Waals surface area (Å²) in [6.07, 6.45) is 2.46. The number of piperidine rings is 2. The lowest BCUT2D eigenvalue weighted by molar-refractivity contribution is -0.0730. The molecule has 134 valence electrons. The molecule has 5 nitrogen and oxygen atoms in total. The van der Waals surface area contributed by atoms with Crippen molar-refractivity contribution in [3.05, 3.63) is 15.6 Å². The van der Waals surface area contributed by atoms with E-state index >= 15 is 0 Å². The maximum atomic E-state index is 13.1. The lowest BCUT2D eigenvalue weighted by atomic mass is 9.71. The van der Waals surface area contributed by atoms with E-state index < -0.39 is 0 Å². The zero-order chi connectivity index (χ0) is 17.5. The Morgan fingerprint density at radius 2 is 2.12 bits per heavy atom. The van der Waals surface area contributed by atoms with E-state index in [1.165, 1.54) is 11.3 Å². The molecule has 1 amide bonds. The summed E-state index contributed by atoms with van der Waals surface area (Å²) in [4.78, 5) is 22.7. The van der Waals surface area contributed by atoms with E-state index in [1.54, 1.807) is 0 Å². The van der Waals surface area contributed by atoms with Gasteiger partial charge in [-0.2, -0.15) is 0 Å². The molecule has 6 heteroatoms. The van der Waals surface area contributed by atoms with Crippen LogP contribution in [0.4, 0.5) is 0 Å². The number of aromatic nitrogens is 1. The average Bonchev–Trinajstić information content (AvgIpc) is 2.93. The van der Waals surface area contributed by atoms with Gasteiger partial charge >= 0.3 is 0 Å². The first kappa shape index (κ1) is 17.8. The van der Waals surface area contributed by atoms with Crippen molar-refractivity contribution in [2.24, 2.45) is 5.41 Å². The molecule has 2 atom stereocenters. The van der Waals surface area contributed by atoms with Crippen LogP contribution in [0.5, 0.6) is 0 Å². The second-order valence-corrected chi connectivity index (χ2v) is 8.89. The molecule has 1 spiro atoms. The van der Waals surface area contributed by atoms with Gasteiger partial charge in [-0.3, -0.25) is 4.79 Å². The van der Waals surface area contributed by atoms with Crippen molar-refractivity contribution in [3.8, 4) is 0 Å². The van der Waals surface area contributed by atoms with Gasteiger partial charge in [0, 0.05) is 37.5 Å². The second-order valence-electron chi connectivity index (χ2n) is 7.86. The van der Waals surface area contributed by atoms with Crippen LogP contribution in [0.15, 0.2) is 0 Å². The number of nitrogens with zero attached hydrogens (tertiary/aromatic N) is 3. The van der Waals surface area contributed by atoms with Crippen LogP contribution >= 0.6 is 11.3 Å². The Hall–Kier alpha value is -0.980. The molecule has 1 aromatic heterocycles. The Morgan fingerprint density at radius 1 is 1.38 bits per heavy atom. The summed E-state index contributed by atoms with van der Waals surface area (Å²) >= 11 is 1.53. The number of likely N-dealkylation sites (tertiary alicyclic amines) is 2. The van der Waals surface area contributed by atoms with Gasteiger partial charge in [0.05, 0.1) is 16.8 Å². The number of amides is 1. The molecule has 0 saturated carbocycles. The van der Waals surface area contributed by atoms with E-state index in [-0.39, 0.29) is 17.4 Å². The third kappa shape index (κ3) is 3.24. The fraction of sp³-hybridized carbons (Fsp3) is 0.778. The molecule has 0 bridgehead atoms. The molecule has 24 heavy (non-hydrogen) atoms. The highest BCUT2D eigenvalue weighted by Crippen LogP contribution is 2.39. The molecule has 0 aliphatic carbocycles. The summed E-state index contributed by atoms with van der Waals surface area (Å²) in [7, 11) is 2.11. The number of carbonyl (C=O) groups is 1. The van der Waals surface area contributed by atoms with E-state index in [0.29, 0.717) is 12.5 Å². The van der Waals surface area contributed by atoms with Crippen LogP contribution in [0.1, 0.15) is 59.4 Å². The van der Waals surface area contributed by atoms with Crippen LogP contribution in [0.3, 0.4) is 0 Å². The standard InChI is InChI=1S/C18H29N3O2S/c1-12(2)16-19-13(3)15(24-16)17(23)21-8-5-7-18(11-21)10-20(4)9-6-14(18)22/h12,14,22H,5-11H2,1-4H3/t14-,18-/m0/s1. The highest BCUT2D eigenvalue weighted by atomic mass is 32.1. The van der Waals surface area contributed by atoms with E-state index in [4.69, 9.17) is 0 Å². The highest BCUT2D eigenvalue weighted by molar-refractivity contribution is 7.13. The molecule has 0 radical (unpaired) electrons. The molecular weight excluding hydrogens is 322 g/mol. The van der Waals surface area contributed by atoms with Crippen LogP contribution in [-0.2, 0) is 0 Å². The predicted molar refractivity (Wildman–Crippen MR) is 96.6 cm³/mol. The zero-order valence-corrected chi connectivity index (χ0v) is 16.0. The summed E-state index contributed by atoms with van der Waals surface area (Å²) in [5.41, 5.74) is 0.676. The molecule has 2 saturated heterocycles. The smallest absolute Gasteiger partial charge is 0.265 e. The van der Waals surface area contributed by atoms with Crippen LogP contribution in [0, 0.1) is 12.3 Å². The normalized spacial score (nSPS) is 28.8. The molecule has 1 N–H and O–H groups in total. The summed E-state index contributed by atoms with van der Waals surface area (Å²) < 4.78 is 0. The van der Waals surface area contributed by atoms with Crippen molar-refractivity contribution in [1.82, 2.24) is 14.8 Å². The van der Waals surface area contributed by atoms with E-state index in [1.807, 2.05) is 11.8 Å². The number of hydrogen-bond acceptors (Lipinski definition) is 5. The molecule has 2 fully saturated rings. The number of aliphatic hydroxyl groups is 1. The van der Waals surface area contributed by atoms with Crippen molar-refractivity contribution in [3.63, 3.8) is 0 Å². The van der Waals surface area contributed by atoms with Crippen LogP contribution in [0.2, 0.25) is 0 Å². The highest BCUT2D eigenvalue weighted by Gasteiger charge is 2.46. The lowest BCUT2D eigenvalue weighted by Gasteiger charge is -2.50.